The number of fused-ring (bicyclic) bond motifs is 1. The van der Waals surface area contributed by atoms with Crippen LogP contribution in [0, 0.1) is 6.92 Å². The molecule has 1 aromatic carbocycles. The minimum atomic E-state index is -3.15. The van der Waals surface area contributed by atoms with Gasteiger partial charge in [0.05, 0.1) is 13.4 Å². The van der Waals surface area contributed by atoms with E-state index in [4.69, 9.17) is 4.74 Å². The van der Waals surface area contributed by atoms with Crippen molar-refractivity contribution in [2.45, 2.75) is 13.3 Å². The number of ether oxygens (including phenoxy) is 1. The fourth-order valence-electron chi connectivity index (χ4n) is 3.69. The molecule has 4 rings (SSSR count). The van der Waals surface area contributed by atoms with Crippen molar-refractivity contribution in [3.63, 3.8) is 0 Å². The third-order valence-corrected chi connectivity index (χ3v) is 6.49. The van der Waals surface area contributed by atoms with Crippen molar-refractivity contribution < 1.29 is 13.2 Å². The van der Waals surface area contributed by atoms with Crippen LogP contribution >= 0.6 is 0 Å². The molecular weight excluding hydrogens is 374 g/mol. The first kappa shape index (κ1) is 18.7. The van der Waals surface area contributed by atoms with Crippen LogP contribution in [0.1, 0.15) is 17.7 Å². The summed E-state index contributed by atoms with van der Waals surface area (Å²) in [5.41, 5.74) is 6.23. The Bertz CT molecular complexity index is 1180. The molecule has 0 radical (unpaired) electrons. The average molecular weight is 398 g/mol. The summed E-state index contributed by atoms with van der Waals surface area (Å²) in [6.45, 7) is 2.93. The van der Waals surface area contributed by atoms with E-state index >= 15 is 0 Å². The van der Waals surface area contributed by atoms with Crippen LogP contribution in [0.15, 0.2) is 42.6 Å². The largest absolute Gasteiger partial charge is 0.496 e. The first-order chi connectivity index (χ1) is 13.4. The summed E-state index contributed by atoms with van der Waals surface area (Å²) in [7, 11) is -1.48. The Morgan fingerprint density at radius 2 is 2.04 bits per heavy atom. The Kier molecular flexibility index (Phi) is 4.72. The number of benzene rings is 1. The number of H-pyrrole nitrogens is 1. The van der Waals surface area contributed by atoms with Crippen molar-refractivity contribution >= 4 is 26.6 Å². The highest BCUT2D eigenvalue weighted by atomic mass is 32.2. The lowest BCUT2D eigenvalue weighted by Gasteiger charge is -2.23. The van der Waals surface area contributed by atoms with E-state index in [-0.39, 0.29) is 0 Å². The number of hydrogen-bond donors (Lipinski definition) is 1. The lowest BCUT2D eigenvalue weighted by molar-refractivity contribution is 0.412. The van der Waals surface area contributed by atoms with Crippen LogP contribution in [0.3, 0.4) is 0 Å². The molecule has 0 amide bonds. The molecule has 1 N–H and O–H groups in total. The molecule has 0 unspecified atom stereocenters. The van der Waals surface area contributed by atoms with Crippen LogP contribution in [0.25, 0.3) is 27.7 Å². The van der Waals surface area contributed by atoms with Gasteiger partial charge in [-0.25, -0.2) is 13.4 Å². The molecule has 3 heterocycles. The molecule has 7 heteroatoms. The lowest BCUT2D eigenvalue weighted by atomic mass is 10.0. The van der Waals surface area contributed by atoms with Crippen LogP contribution in [0.4, 0.5) is 0 Å². The second kappa shape index (κ2) is 7.07. The minimum absolute atomic E-state index is 0.404. The molecule has 0 fully saturated rings. The van der Waals surface area contributed by atoms with Crippen LogP contribution in [-0.4, -0.2) is 49.1 Å². The third kappa shape index (κ3) is 3.43. The first-order valence-corrected chi connectivity index (χ1v) is 11.0. The normalized spacial score (nSPS) is 15.6. The second-order valence-electron chi connectivity index (χ2n) is 7.09. The Balaban J connectivity index is 1.72. The monoisotopic (exact) mass is 397 g/mol. The quantitative estimate of drug-likeness (QED) is 0.730. The second-order valence-corrected chi connectivity index (χ2v) is 9.07. The summed E-state index contributed by atoms with van der Waals surface area (Å²) in [4.78, 5) is 7.87. The van der Waals surface area contributed by atoms with Crippen LogP contribution in [-0.2, 0) is 10.0 Å². The number of aromatic nitrogens is 2. The molecule has 0 atom stereocenters. The summed E-state index contributed by atoms with van der Waals surface area (Å²) < 4.78 is 30.3. The highest BCUT2D eigenvalue weighted by Gasteiger charge is 2.21. The van der Waals surface area contributed by atoms with Gasteiger partial charge in [-0.1, -0.05) is 12.1 Å². The number of hydrogen-bond acceptors (Lipinski definition) is 4. The number of pyridine rings is 1. The number of aryl methyl sites for hydroxylation is 1. The van der Waals surface area contributed by atoms with Gasteiger partial charge in [-0.3, -0.25) is 0 Å². The predicted molar refractivity (Wildman–Crippen MR) is 112 cm³/mol. The highest BCUT2D eigenvalue weighted by molar-refractivity contribution is 7.88. The standard InChI is InChI=1S/C21H23N3O3S/c1-14-12-16(4-5-20(14)27-2)17-6-9-22-21-18(17)13-19(23-21)15-7-10-24(11-8-15)28(3,25)26/h4-7,9,12-13H,8,10-11H2,1-3H3,(H,22,23). The molecule has 0 bridgehead atoms. The maximum absolute atomic E-state index is 11.7. The molecule has 0 spiro atoms. The summed E-state index contributed by atoms with van der Waals surface area (Å²) in [5.74, 6) is 0.867. The summed E-state index contributed by atoms with van der Waals surface area (Å²) in [5, 5.41) is 1.05. The van der Waals surface area contributed by atoms with Crippen molar-refractivity contribution in [1.29, 1.82) is 0 Å². The van der Waals surface area contributed by atoms with E-state index in [0.717, 1.165) is 44.7 Å². The molecule has 3 aromatic rings. The molecule has 0 saturated carbocycles. The van der Waals surface area contributed by atoms with Crippen molar-refractivity contribution in [3.8, 4) is 16.9 Å². The zero-order valence-corrected chi connectivity index (χ0v) is 17.0. The van der Waals surface area contributed by atoms with E-state index in [2.05, 4.69) is 28.2 Å². The fraction of sp³-hybridized carbons (Fsp3) is 0.286. The molecule has 2 aromatic heterocycles. The van der Waals surface area contributed by atoms with E-state index in [9.17, 15) is 8.42 Å². The van der Waals surface area contributed by atoms with E-state index < -0.39 is 10.0 Å². The van der Waals surface area contributed by atoms with Crippen molar-refractivity contribution in [1.82, 2.24) is 14.3 Å². The number of aromatic amines is 1. The van der Waals surface area contributed by atoms with E-state index in [1.54, 1.807) is 13.3 Å². The van der Waals surface area contributed by atoms with Crippen LogP contribution in [0.5, 0.6) is 5.75 Å². The SMILES string of the molecule is COc1ccc(-c2ccnc3[nH]c(C4=CCN(S(C)(=O)=O)CC4)cc23)cc1C. The van der Waals surface area contributed by atoms with Gasteiger partial charge in [-0.05, 0) is 59.9 Å². The maximum atomic E-state index is 11.7. The Hall–Kier alpha value is -2.64. The summed E-state index contributed by atoms with van der Waals surface area (Å²) >= 11 is 0. The molecule has 6 nitrogen and oxygen atoms in total. The van der Waals surface area contributed by atoms with Crippen LogP contribution < -0.4 is 4.74 Å². The van der Waals surface area contributed by atoms with Gasteiger partial charge in [0.15, 0.2) is 0 Å². The number of rotatable bonds is 4. The molecule has 146 valence electrons. The number of nitrogens with zero attached hydrogens (tertiary/aromatic N) is 2. The Morgan fingerprint density at radius 1 is 1.21 bits per heavy atom. The summed E-state index contributed by atoms with van der Waals surface area (Å²) in [6, 6.07) is 10.3. The zero-order chi connectivity index (χ0) is 19.9. The minimum Gasteiger partial charge on any atom is -0.496 e. The number of nitrogens with one attached hydrogen (secondary N) is 1. The molecule has 1 aliphatic rings. The first-order valence-electron chi connectivity index (χ1n) is 9.14. The van der Waals surface area contributed by atoms with E-state index in [0.29, 0.717) is 19.5 Å². The Morgan fingerprint density at radius 3 is 2.68 bits per heavy atom. The van der Waals surface area contributed by atoms with E-state index in [1.165, 1.54) is 10.6 Å². The number of methoxy groups -OCH3 is 1. The van der Waals surface area contributed by atoms with Crippen molar-refractivity contribution in [2.24, 2.45) is 0 Å². The molecule has 28 heavy (non-hydrogen) atoms. The van der Waals surface area contributed by atoms with Gasteiger partial charge in [0, 0.05) is 30.4 Å². The van der Waals surface area contributed by atoms with Gasteiger partial charge in [0.1, 0.15) is 11.4 Å². The van der Waals surface area contributed by atoms with Crippen LogP contribution in [0.2, 0.25) is 0 Å². The van der Waals surface area contributed by atoms with Crippen molar-refractivity contribution in [3.05, 3.63) is 53.9 Å². The van der Waals surface area contributed by atoms with Gasteiger partial charge < -0.3 is 9.72 Å². The van der Waals surface area contributed by atoms with Gasteiger partial charge in [-0.2, -0.15) is 4.31 Å². The molecule has 1 aliphatic heterocycles. The van der Waals surface area contributed by atoms with Gasteiger partial charge in [0.25, 0.3) is 0 Å². The Labute approximate surface area is 164 Å². The predicted octanol–water partition coefficient (Wildman–Crippen LogP) is 3.60. The zero-order valence-electron chi connectivity index (χ0n) is 16.2. The average Bonchev–Trinajstić information content (AvgIpc) is 3.11. The third-order valence-electron chi connectivity index (χ3n) is 5.22. The van der Waals surface area contributed by atoms with Gasteiger partial charge in [-0.15, -0.1) is 0 Å². The summed E-state index contributed by atoms with van der Waals surface area (Å²) in [6.07, 6.45) is 5.71. The number of sulfonamides is 1. The van der Waals surface area contributed by atoms with Gasteiger partial charge in [0.2, 0.25) is 10.0 Å². The topological polar surface area (TPSA) is 75.3 Å². The highest BCUT2D eigenvalue weighted by Crippen LogP contribution is 2.33. The maximum Gasteiger partial charge on any atom is 0.211 e. The van der Waals surface area contributed by atoms with E-state index in [1.807, 2.05) is 25.1 Å². The molecule has 0 aliphatic carbocycles. The van der Waals surface area contributed by atoms with Crippen molar-refractivity contribution in [2.75, 3.05) is 26.5 Å². The lowest BCUT2D eigenvalue weighted by Crippen LogP contribution is -2.33. The smallest absolute Gasteiger partial charge is 0.211 e. The fourth-order valence-corrected chi connectivity index (χ4v) is 4.46. The van der Waals surface area contributed by atoms with Gasteiger partial charge >= 0.3 is 0 Å². The molecular formula is C21H23N3O3S. The molecule has 0 saturated heterocycles.